The third kappa shape index (κ3) is 5.87. The molecule has 154 valence electrons. The normalized spacial score (nSPS) is 17.4. The molecule has 0 spiro atoms. The maximum Gasteiger partial charge on any atom is 0.191 e. The quantitative estimate of drug-likeness (QED) is 0.321. The fourth-order valence-electron chi connectivity index (χ4n) is 3.11. The van der Waals surface area contributed by atoms with Crippen molar-refractivity contribution in [2.24, 2.45) is 4.99 Å². The molecule has 1 aliphatic heterocycles. The molecular weight excluding hydrogens is 474 g/mol. The molecule has 0 saturated heterocycles. The van der Waals surface area contributed by atoms with E-state index >= 15 is 0 Å². The van der Waals surface area contributed by atoms with E-state index in [1.807, 2.05) is 11.6 Å². The minimum absolute atomic E-state index is 0. The molecule has 9 heteroatoms. The lowest BCUT2D eigenvalue weighted by atomic mass is 10.1. The molecule has 0 fully saturated rings. The topological polar surface area (TPSA) is 87.4 Å². The average molecular weight is 502 g/mol. The summed E-state index contributed by atoms with van der Waals surface area (Å²) < 4.78 is 15.0. The molecule has 28 heavy (non-hydrogen) atoms. The largest absolute Gasteiger partial charge is 0.386 e. The van der Waals surface area contributed by atoms with Crippen LogP contribution >= 0.6 is 24.0 Å². The van der Waals surface area contributed by atoms with Crippen LogP contribution in [0, 0.1) is 5.82 Å². The molecule has 2 heterocycles. The van der Waals surface area contributed by atoms with Crippen molar-refractivity contribution in [1.82, 2.24) is 25.4 Å². The van der Waals surface area contributed by atoms with Crippen LogP contribution in [0.4, 0.5) is 4.39 Å². The van der Waals surface area contributed by atoms with Gasteiger partial charge < -0.3 is 15.7 Å². The first-order chi connectivity index (χ1) is 13.1. The van der Waals surface area contributed by atoms with Crippen LogP contribution in [0.5, 0.6) is 0 Å². The van der Waals surface area contributed by atoms with Gasteiger partial charge in [-0.25, -0.2) is 14.1 Å². The van der Waals surface area contributed by atoms with Crippen molar-refractivity contribution >= 4 is 29.9 Å². The molecule has 0 aliphatic carbocycles. The van der Waals surface area contributed by atoms with E-state index in [0.29, 0.717) is 11.5 Å². The number of benzene rings is 1. The van der Waals surface area contributed by atoms with Crippen molar-refractivity contribution in [3.05, 3.63) is 47.3 Å². The first-order valence-electron chi connectivity index (χ1n) is 9.50. The van der Waals surface area contributed by atoms with Crippen molar-refractivity contribution < 1.29 is 9.50 Å². The molecule has 2 unspecified atom stereocenters. The monoisotopic (exact) mass is 502 g/mol. The van der Waals surface area contributed by atoms with E-state index in [0.717, 1.165) is 44.0 Å². The van der Waals surface area contributed by atoms with E-state index in [-0.39, 0.29) is 42.4 Å². The number of aryl methyl sites for hydroxylation is 2. The number of halogens is 2. The smallest absolute Gasteiger partial charge is 0.191 e. The minimum atomic E-state index is -0.776. The number of fused-ring (bicyclic) bond motifs is 1. The van der Waals surface area contributed by atoms with Gasteiger partial charge in [0.1, 0.15) is 11.6 Å². The van der Waals surface area contributed by atoms with Gasteiger partial charge in [-0.05, 0) is 31.0 Å². The number of guanidine groups is 1. The summed E-state index contributed by atoms with van der Waals surface area (Å²) >= 11 is 0. The van der Waals surface area contributed by atoms with Crippen LogP contribution in [-0.4, -0.2) is 45.0 Å². The van der Waals surface area contributed by atoms with Gasteiger partial charge in [-0.15, -0.1) is 24.0 Å². The Morgan fingerprint density at radius 3 is 2.79 bits per heavy atom. The van der Waals surface area contributed by atoms with Gasteiger partial charge in [0.05, 0.1) is 19.2 Å². The molecule has 0 radical (unpaired) electrons. The molecular formula is C19H28FIN6O. The third-order valence-electron chi connectivity index (χ3n) is 4.58. The summed E-state index contributed by atoms with van der Waals surface area (Å²) in [6.45, 7) is 5.71. The summed E-state index contributed by atoms with van der Waals surface area (Å²) in [5.41, 5.74) is 0.646. The van der Waals surface area contributed by atoms with Crippen LogP contribution in [0.25, 0.3) is 0 Å². The van der Waals surface area contributed by atoms with Crippen LogP contribution in [0.2, 0.25) is 0 Å². The van der Waals surface area contributed by atoms with Gasteiger partial charge in [-0.2, -0.15) is 5.10 Å². The van der Waals surface area contributed by atoms with Gasteiger partial charge in [0, 0.05) is 25.4 Å². The highest BCUT2D eigenvalue weighted by Crippen LogP contribution is 2.15. The van der Waals surface area contributed by atoms with Gasteiger partial charge in [-0.3, -0.25) is 4.99 Å². The number of hydrogen-bond acceptors (Lipinski definition) is 4. The van der Waals surface area contributed by atoms with E-state index in [2.05, 4.69) is 32.6 Å². The van der Waals surface area contributed by atoms with Crippen LogP contribution in [-0.2, 0) is 19.4 Å². The molecule has 0 saturated carbocycles. The summed E-state index contributed by atoms with van der Waals surface area (Å²) in [7, 11) is 0. The number of aromatic nitrogens is 3. The van der Waals surface area contributed by atoms with E-state index < -0.39 is 6.10 Å². The zero-order valence-corrected chi connectivity index (χ0v) is 18.6. The summed E-state index contributed by atoms with van der Waals surface area (Å²) in [4.78, 5) is 9.03. The molecule has 1 aromatic heterocycles. The maximum absolute atomic E-state index is 13.0. The van der Waals surface area contributed by atoms with Crippen molar-refractivity contribution in [2.75, 3.05) is 13.1 Å². The van der Waals surface area contributed by atoms with Gasteiger partial charge in [0.15, 0.2) is 11.8 Å². The zero-order valence-electron chi connectivity index (χ0n) is 16.2. The number of aliphatic hydroxyl groups is 1. The molecule has 1 aromatic carbocycles. The highest BCUT2D eigenvalue weighted by atomic mass is 127. The summed E-state index contributed by atoms with van der Waals surface area (Å²) in [5, 5.41) is 21.4. The zero-order chi connectivity index (χ0) is 19.2. The van der Waals surface area contributed by atoms with E-state index in [9.17, 15) is 9.50 Å². The number of aliphatic hydroxyl groups excluding tert-OH is 1. The summed E-state index contributed by atoms with van der Waals surface area (Å²) in [5.74, 6) is 2.26. The summed E-state index contributed by atoms with van der Waals surface area (Å²) in [6, 6.07) is 6.04. The van der Waals surface area contributed by atoms with Gasteiger partial charge in [0.2, 0.25) is 0 Å². The van der Waals surface area contributed by atoms with Crippen molar-refractivity contribution in [3.8, 4) is 0 Å². The number of aliphatic imine (C=N–C) groups is 1. The van der Waals surface area contributed by atoms with E-state index in [1.54, 1.807) is 12.1 Å². The Morgan fingerprint density at radius 1 is 1.36 bits per heavy atom. The maximum atomic E-state index is 13.0. The van der Waals surface area contributed by atoms with Crippen LogP contribution in [0.3, 0.4) is 0 Å². The van der Waals surface area contributed by atoms with E-state index in [1.165, 1.54) is 12.1 Å². The Balaban J connectivity index is 0.00000280. The van der Waals surface area contributed by atoms with Crippen LogP contribution in [0.15, 0.2) is 29.3 Å². The summed E-state index contributed by atoms with van der Waals surface area (Å²) in [6.07, 6.45) is 1.89. The Hall–Kier alpha value is -1.75. The Bertz CT molecular complexity index is 779. The molecule has 7 nitrogen and oxygen atoms in total. The lowest BCUT2D eigenvalue weighted by molar-refractivity contribution is 0.187. The Labute approximate surface area is 181 Å². The van der Waals surface area contributed by atoms with Crippen molar-refractivity contribution in [2.45, 2.75) is 51.8 Å². The first-order valence-corrected chi connectivity index (χ1v) is 9.50. The highest BCUT2D eigenvalue weighted by molar-refractivity contribution is 14.0. The van der Waals surface area contributed by atoms with E-state index in [4.69, 9.17) is 0 Å². The second-order valence-corrected chi connectivity index (χ2v) is 6.65. The predicted octanol–water partition coefficient (Wildman–Crippen LogP) is 2.20. The fourth-order valence-corrected chi connectivity index (χ4v) is 3.11. The van der Waals surface area contributed by atoms with Crippen LogP contribution < -0.4 is 10.6 Å². The number of hydrogen-bond donors (Lipinski definition) is 3. The van der Waals surface area contributed by atoms with Gasteiger partial charge >= 0.3 is 0 Å². The van der Waals surface area contributed by atoms with Crippen molar-refractivity contribution in [3.63, 3.8) is 0 Å². The molecule has 0 bridgehead atoms. The van der Waals surface area contributed by atoms with Gasteiger partial charge in [0.25, 0.3) is 0 Å². The highest BCUT2D eigenvalue weighted by Gasteiger charge is 2.22. The molecule has 3 N–H and O–H groups in total. The first kappa shape index (κ1) is 22.5. The standard InChI is InChI=1S/C19H27FN6O.HI/c1-3-17-24-18-10-9-15(12-26(18)25-17)23-19(21-4-2)22-11-16(27)13-5-7-14(20)8-6-13;/h5-8,15-16,27H,3-4,9-12H2,1-2H3,(H2,21,22,23);1H. The number of nitrogens with one attached hydrogen (secondary N) is 2. The third-order valence-corrected chi connectivity index (χ3v) is 4.58. The second kappa shape index (κ2) is 10.7. The molecule has 2 aromatic rings. The lowest BCUT2D eigenvalue weighted by Crippen LogP contribution is -2.47. The predicted molar refractivity (Wildman–Crippen MR) is 117 cm³/mol. The molecule has 3 rings (SSSR count). The Kier molecular flexibility index (Phi) is 8.61. The van der Waals surface area contributed by atoms with Crippen molar-refractivity contribution in [1.29, 1.82) is 0 Å². The SMILES string of the molecule is CCNC(=NCC(O)c1ccc(F)cc1)NC1CCc2nc(CC)nn2C1.I. The Morgan fingerprint density at radius 2 is 2.11 bits per heavy atom. The minimum Gasteiger partial charge on any atom is -0.386 e. The molecule has 1 aliphatic rings. The van der Waals surface area contributed by atoms with Gasteiger partial charge in [-0.1, -0.05) is 19.1 Å². The lowest BCUT2D eigenvalue weighted by Gasteiger charge is -2.25. The molecule has 0 amide bonds. The fraction of sp³-hybridized carbons (Fsp3) is 0.526. The molecule has 2 atom stereocenters. The number of rotatable bonds is 6. The number of nitrogens with zero attached hydrogens (tertiary/aromatic N) is 4. The average Bonchev–Trinajstić information content (AvgIpc) is 3.09. The second-order valence-electron chi connectivity index (χ2n) is 6.65. The van der Waals surface area contributed by atoms with Crippen LogP contribution in [0.1, 0.15) is 43.6 Å².